The van der Waals surface area contributed by atoms with Crippen molar-refractivity contribution in [3.8, 4) is 11.5 Å². The molecule has 0 aliphatic heterocycles. The molecule has 0 saturated carbocycles. The molecule has 0 bridgehead atoms. The van der Waals surface area contributed by atoms with Crippen LogP contribution in [0.15, 0.2) is 12.1 Å². The number of methoxy groups -OCH3 is 2. The van der Waals surface area contributed by atoms with Crippen LogP contribution in [0.4, 0.5) is 0 Å². The number of aliphatic hydroxyl groups excluding tert-OH is 1. The van der Waals surface area contributed by atoms with Crippen molar-refractivity contribution in [3.63, 3.8) is 0 Å². The first-order chi connectivity index (χ1) is 8.17. The van der Waals surface area contributed by atoms with Crippen molar-refractivity contribution in [1.29, 1.82) is 0 Å². The summed E-state index contributed by atoms with van der Waals surface area (Å²) >= 11 is 0. The van der Waals surface area contributed by atoms with E-state index >= 15 is 0 Å². The third-order valence-electron chi connectivity index (χ3n) is 3.59. The number of hydrogen-bond donors (Lipinski definition) is 1. The fourth-order valence-corrected chi connectivity index (χ4v) is 2.67. The Morgan fingerprint density at radius 3 is 2.47 bits per heavy atom. The topological polar surface area (TPSA) is 38.7 Å². The van der Waals surface area contributed by atoms with E-state index in [1.807, 2.05) is 19.1 Å². The lowest BCUT2D eigenvalue weighted by Gasteiger charge is -2.28. The monoisotopic (exact) mass is 236 g/mol. The molecule has 1 aromatic rings. The van der Waals surface area contributed by atoms with E-state index in [4.69, 9.17) is 9.47 Å². The molecule has 3 nitrogen and oxygen atoms in total. The second-order valence-corrected chi connectivity index (χ2v) is 4.65. The smallest absolute Gasteiger partial charge is 0.161 e. The first-order valence-electron chi connectivity index (χ1n) is 6.10. The number of benzene rings is 1. The number of hydrogen-bond acceptors (Lipinski definition) is 3. The Balaban J connectivity index is 2.47. The highest BCUT2D eigenvalue weighted by atomic mass is 16.5. The van der Waals surface area contributed by atoms with Gasteiger partial charge in [-0.25, -0.2) is 0 Å². The molecule has 1 aromatic carbocycles. The summed E-state index contributed by atoms with van der Waals surface area (Å²) in [6.07, 6.45) is 2.91. The van der Waals surface area contributed by atoms with E-state index in [9.17, 15) is 5.11 Å². The minimum Gasteiger partial charge on any atom is -0.493 e. The number of aryl methyl sites for hydroxylation is 1. The fourth-order valence-electron chi connectivity index (χ4n) is 2.67. The van der Waals surface area contributed by atoms with Gasteiger partial charge < -0.3 is 14.6 Å². The molecule has 2 rings (SSSR count). The molecule has 0 unspecified atom stereocenters. The van der Waals surface area contributed by atoms with Gasteiger partial charge in [0.15, 0.2) is 11.5 Å². The van der Waals surface area contributed by atoms with Gasteiger partial charge in [0.05, 0.1) is 20.3 Å². The van der Waals surface area contributed by atoms with E-state index in [1.54, 1.807) is 14.2 Å². The van der Waals surface area contributed by atoms with Crippen LogP contribution in [-0.2, 0) is 6.42 Å². The van der Waals surface area contributed by atoms with Crippen LogP contribution in [0.5, 0.6) is 11.5 Å². The molecule has 0 saturated heterocycles. The van der Waals surface area contributed by atoms with Gasteiger partial charge in [-0.2, -0.15) is 0 Å². The van der Waals surface area contributed by atoms with Crippen molar-refractivity contribution in [1.82, 2.24) is 0 Å². The van der Waals surface area contributed by atoms with E-state index < -0.39 is 0 Å². The maximum Gasteiger partial charge on any atom is 0.161 e. The average Bonchev–Trinajstić information content (AvgIpc) is 2.35. The molecule has 1 N–H and O–H groups in total. The number of aliphatic hydroxyl groups is 1. The maximum atomic E-state index is 9.84. The second-order valence-electron chi connectivity index (χ2n) is 4.65. The van der Waals surface area contributed by atoms with Crippen molar-refractivity contribution >= 4 is 0 Å². The zero-order valence-electron chi connectivity index (χ0n) is 10.7. The highest BCUT2D eigenvalue weighted by Crippen LogP contribution is 2.40. The lowest BCUT2D eigenvalue weighted by atomic mass is 9.80. The molecule has 17 heavy (non-hydrogen) atoms. The quantitative estimate of drug-likeness (QED) is 0.876. The van der Waals surface area contributed by atoms with Gasteiger partial charge in [0.2, 0.25) is 0 Å². The van der Waals surface area contributed by atoms with Crippen LogP contribution in [0.25, 0.3) is 0 Å². The summed E-state index contributed by atoms with van der Waals surface area (Å²) in [6, 6.07) is 4.06. The minimum atomic E-state index is -0.313. The molecule has 0 amide bonds. The highest BCUT2D eigenvalue weighted by Gasteiger charge is 2.25. The van der Waals surface area contributed by atoms with E-state index in [0.717, 1.165) is 30.8 Å². The van der Waals surface area contributed by atoms with Gasteiger partial charge in [-0.3, -0.25) is 0 Å². The van der Waals surface area contributed by atoms with Gasteiger partial charge in [-0.15, -0.1) is 0 Å². The summed E-state index contributed by atoms with van der Waals surface area (Å²) in [7, 11) is 3.30. The van der Waals surface area contributed by atoms with Crippen LogP contribution in [0, 0.1) is 0 Å². The Bertz CT molecular complexity index is 399. The summed E-state index contributed by atoms with van der Waals surface area (Å²) < 4.78 is 10.6. The van der Waals surface area contributed by atoms with Gasteiger partial charge in [0, 0.05) is 5.92 Å². The fraction of sp³-hybridized carbons (Fsp3) is 0.571. The molecule has 1 aliphatic carbocycles. The Morgan fingerprint density at radius 1 is 1.24 bits per heavy atom. The molecule has 0 aromatic heterocycles. The standard InChI is InChI=1S/C14H20O3/c1-9(15)11-6-4-5-10-7-13(16-2)14(17-3)8-12(10)11/h7-9,11,15H,4-6H2,1-3H3/t9-,11-/m1/s1. The van der Waals surface area contributed by atoms with Crippen molar-refractivity contribution in [2.45, 2.75) is 38.2 Å². The Labute approximate surface area is 102 Å². The van der Waals surface area contributed by atoms with E-state index in [0.29, 0.717) is 0 Å². The molecule has 2 atom stereocenters. The molecule has 0 spiro atoms. The molecule has 94 valence electrons. The summed E-state index contributed by atoms with van der Waals surface area (Å²) in [5, 5.41) is 9.84. The first-order valence-corrected chi connectivity index (χ1v) is 6.10. The normalized spacial score (nSPS) is 20.6. The van der Waals surface area contributed by atoms with Crippen LogP contribution in [0.2, 0.25) is 0 Å². The molecule has 3 heteroatoms. The predicted molar refractivity (Wildman–Crippen MR) is 66.9 cm³/mol. The SMILES string of the molecule is COc1cc2c(cc1OC)[C@@H]([C@@H](C)O)CCC2. The van der Waals surface area contributed by atoms with Crippen LogP contribution in [0.1, 0.15) is 36.8 Å². The summed E-state index contributed by atoms with van der Waals surface area (Å²) in [6.45, 7) is 1.86. The van der Waals surface area contributed by atoms with Crippen LogP contribution < -0.4 is 9.47 Å². The lowest BCUT2D eigenvalue weighted by molar-refractivity contribution is 0.152. The minimum absolute atomic E-state index is 0.221. The van der Waals surface area contributed by atoms with Crippen LogP contribution in [0.3, 0.4) is 0 Å². The van der Waals surface area contributed by atoms with Crippen LogP contribution >= 0.6 is 0 Å². The zero-order chi connectivity index (χ0) is 12.4. The molecule has 0 heterocycles. The summed E-state index contributed by atoms with van der Waals surface area (Å²) in [5.74, 6) is 1.75. The molecule has 1 aliphatic rings. The van der Waals surface area contributed by atoms with Gasteiger partial charge in [0.25, 0.3) is 0 Å². The van der Waals surface area contributed by atoms with Crippen molar-refractivity contribution in [2.24, 2.45) is 0 Å². The largest absolute Gasteiger partial charge is 0.493 e. The zero-order valence-corrected chi connectivity index (χ0v) is 10.7. The average molecular weight is 236 g/mol. The van der Waals surface area contributed by atoms with Gasteiger partial charge in [-0.1, -0.05) is 0 Å². The number of rotatable bonds is 3. The van der Waals surface area contributed by atoms with Crippen molar-refractivity contribution in [2.75, 3.05) is 14.2 Å². The Kier molecular flexibility index (Phi) is 3.57. The molecule has 0 fully saturated rings. The molecule has 0 radical (unpaired) electrons. The number of ether oxygens (including phenoxy) is 2. The van der Waals surface area contributed by atoms with Gasteiger partial charge in [0.1, 0.15) is 0 Å². The summed E-state index contributed by atoms with van der Waals surface area (Å²) in [5.41, 5.74) is 2.49. The first kappa shape index (κ1) is 12.2. The van der Waals surface area contributed by atoms with Crippen molar-refractivity contribution in [3.05, 3.63) is 23.3 Å². The Hall–Kier alpha value is -1.22. The van der Waals surface area contributed by atoms with Crippen molar-refractivity contribution < 1.29 is 14.6 Å². The van der Waals surface area contributed by atoms with Gasteiger partial charge in [-0.05, 0) is 49.4 Å². The van der Waals surface area contributed by atoms with E-state index in [1.165, 1.54) is 11.1 Å². The van der Waals surface area contributed by atoms with E-state index in [-0.39, 0.29) is 12.0 Å². The molecular formula is C14H20O3. The number of fused-ring (bicyclic) bond motifs is 1. The summed E-state index contributed by atoms with van der Waals surface area (Å²) in [4.78, 5) is 0. The molecular weight excluding hydrogens is 216 g/mol. The maximum absolute atomic E-state index is 9.84. The third-order valence-corrected chi connectivity index (χ3v) is 3.59. The van der Waals surface area contributed by atoms with Gasteiger partial charge >= 0.3 is 0 Å². The second kappa shape index (κ2) is 4.96. The van der Waals surface area contributed by atoms with Crippen LogP contribution in [-0.4, -0.2) is 25.4 Å². The lowest BCUT2D eigenvalue weighted by Crippen LogP contribution is -2.20. The third kappa shape index (κ3) is 2.25. The highest BCUT2D eigenvalue weighted by molar-refractivity contribution is 5.49. The Morgan fingerprint density at radius 2 is 1.88 bits per heavy atom. The predicted octanol–water partition coefficient (Wildman–Crippen LogP) is 2.50. The van der Waals surface area contributed by atoms with E-state index in [2.05, 4.69) is 0 Å².